The van der Waals surface area contributed by atoms with E-state index in [1.807, 2.05) is 0 Å². The highest BCUT2D eigenvalue weighted by Crippen LogP contribution is 2.39. The number of imidazole rings is 1. The molecule has 10 nitrogen and oxygen atoms in total. The van der Waals surface area contributed by atoms with Crippen LogP contribution in [0.5, 0.6) is 0 Å². The zero-order chi connectivity index (χ0) is 26.8. The first-order valence-corrected chi connectivity index (χ1v) is 13.8. The molecule has 0 bridgehead atoms. The smallest absolute Gasteiger partial charge is 0.225 e. The number of likely N-dealkylation sites (N-methyl/N-ethyl adjacent to an activating group) is 1. The summed E-state index contributed by atoms with van der Waals surface area (Å²) in [6.07, 6.45) is 6.83. The van der Waals surface area contributed by atoms with E-state index in [2.05, 4.69) is 38.1 Å². The molecule has 2 aliphatic rings. The fraction of sp³-hybridized carbons (Fsp3) is 0.500. The van der Waals surface area contributed by atoms with Crippen LogP contribution in [0.25, 0.3) is 11.2 Å². The molecule has 1 atom stereocenters. The highest BCUT2D eigenvalue weighted by atomic mass is 35.5. The zero-order valence-electron chi connectivity index (χ0n) is 21.3. The summed E-state index contributed by atoms with van der Waals surface area (Å²) >= 11 is 13.0. The number of nitrogens with two attached hydrogens (primary N) is 1. The standard InChI is InChI=1S/C26H31Cl2N9O/c1-2-36-9-3-4-17(14-36)32-25-31-13-21-24(35-25)37(18-7-5-16(6-8-18)23(30)38)26(33-21)34-22-19(27)10-15(12-29)11-20(22)28/h10-11,13,16-18H,2-9,14H2,1H3,(H2,30,38)(H,33,34)(H,31,32,35). The molecule has 1 saturated carbocycles. The van der Waals surface area contributed by atoms with E-state index in [1.165, 1.54) is 0 Å². The molecular weight excluding hydrogens is 525 g/mol. The monoisotopic (exact) mass is 555 g/mol. The largest absolute Gasteiger partial charge is 0.369 e. The van der Waals surface area contributed by atoms with Gasteiger partial charge in [-0.1, -0.05) is 30.1 Å². The number of hydrogen-bond acceptors (Lipinski definition) is 8. The maximum absolute atomic E-state index is 11.8. The molecule has 5 rings (SSSR count). The van der Waals surface area contributed by atoms with Crippen LogP contribution in [0.4, 0.5) is 17.6 Å². The number of halogens is 2. The number of nitrogens with zero attached hydrogens (tertiary/aromatic N) is 6. The third kappa shape index (κ3) is 5.51. The summed E-state index contributed by atoms with van der Waals surface area (Å²) in [5, 5.41) is 16.7. The number of nitriles is 1. The number of primary amides is 1. The fourth-order valence-corrected chi connectivity index (χ4v) is 6.11. The van der Waals surface area contributed by atoms with Crippen molar-refractivity contribution in [2.24, 2.45) is 11.7 Å². The molecule has 0 radical (unpaired) electrons. The molecule has 3 heterocycles. The summed E-state index contributed by atoms with van der Waals surface area (Å²) in [5.41, 5.74) is 7.74. The number of carbonyl (C=O) groups is 1. The number of likely N-dealkylation sites (tertiary alicyclic amines) is 1. The van der Waals surface area contributed by atoms with Gasteiger partial charge in [-0.05, 0) is 63.7 Å². The lowest BCUT2D eigenvalue weighted by Crippen LogP contribution is -2.42. The van der Waals surface area contributed by atoms with Crippen molar-refractivity contribution in [1.82, 2.24) is 24.4 Å². The van der Waals surface area contributed by atoms with Crippen molar-refractivity contribution >= 4 is 57.9 Å². The van der Waals surface area contributed by atoms with E-state index in [1.54, 1.807) is 18.3 Å². The van der Waals surface area contributed by atoms with Crippen molar-refractivity contribution in [3.63, 3.8) is 0 Å². The van der Waals surface area contributed by atoms with Crippen LogP contribution in [-0.4, -0.2) is 56.0 Å². The van der Waals surface area contributed by atoms with E-state index in [0.717, 1.165) is 45.3 Å². The van der Waals surface area contributed by atoms with Crippen LogP contribution in [0.15, 0.2) is 18.3 Å². The quantitative estimate of drug-likeness (QED) is 0.375. The van der Waals surface area contributed by atoms with E-state index in [0.29, 0.717) is 57.2 Å². The Labute approximate surface area is 231 Å². The molecule has 0 spiro atoms. The molecule has 1 unspecified atom stereocenters. The maximum Gasteiger partial charge on any atom is 0.225 e. The summed E-state index contributed by atoms with van der Waals surface area (Å²) < 4.78 is 2.06. The van der Waals surface area contributed by atoms with Gasteiger partial charge in [-0.25, -0.2) is 9.97 Å². The number of fused-ring (bicyclic) bond motifs is 1. The number of carbonyl (C=O) groups excluding carboxylic acids is 1. The second kappa shape index (κ2) is 11.3. The number of nitrogens with one attached hydrogen (secondary N) is 2. The molecule has 4 N–H and O–H groups in total. The zero-order valence-corrected chi connectivity index (χ0v) is 22.8. The molecule has 38 heavy (non-hydrogen) atoms. The van der Waals surface area contributed by atoms with Crippen LogP contribution in [0.3, 0.4) is 0 Å². The second-order valence-corrected chi connectivity index (χ2v) is 10.9. The third-order valence-electron chi connectivity index (χ3n) is 7.59. The van der Waals surface area contributed by atoms with Crippen molar-refractivity contribution in [2.75, 3.05) is 30.3 Å². The molecule has 1 aliphatic carbocycles. The number of rotatable bonds is 7. The first-order valence-electron chi connectivity index (χ1n) is 13.1. The Balaban J connectivity index is 1.51. The number of anilines is 3. The fourth-order valence-electron chi connectivity index (χ4n) is 5.53. The average molecular weight is 557 g/mol. The first-order chi connectivity index (χ1) is 18.4. The van der Waals surface area contributed by atoms with Crippen LogP contribution in [0.2, 0.25) is 10.0 Å². The summed E-state index contributed by atoms with van der Waals surface area (Å²) in [5.74, 6) is 0.709. The minimum atomic E-state index is -0.254. The van der Waals surface area contributed by atoms with E-state index < -0.39 is 0 Å². The molecule has 1 aliphatic heterocycles. The highest BCUT2D eigenvalue weighted by Gasteiger charge is 2.30. The lowest BCUT2D eigenvalue weighted by molar-refractivity contribution is -0.122. The molecule has 2 fully saturated rings. The van der Waals surface area contributed by atoms with Crippen molar-refractivity contribution in [3.8, 4) is 6.07 Å². The number of piperidine rings is 1. The van der Waals surface area contributed by atoms with Crippen molar-refractivity contribution in [3.05, 3.63) is 33.9 Å². The van der Waals surface area contributed by atoms with Crippen molar-refractivity contribution in [1.29, 1.82) is 5.26 Å². The Morgan fingerprint density at radius 1 is 1.18 bits per heavy atom. The van der Waals surface area contributed by atoms with Gasteiger partial charge in [0.2, 0.25) is 17.8 Å². The van der Waals surface area contributed by atoms with Gasteiger partial charge in [0.25, 0.3) is 0 Å². The van der Waals surface area contributed by atoms with E-state index in [4.69, 9.17) is 38.9 Å². The van der Waals surface area contributed by atoms with Gasteiger partial charge in [0.1, 0.15) is 5.52 Å². The molecule has 12 heteroatoms. The van der Waals surface area contributed by atoms with Gasteiger partial charge in [-0.3, -0.25) is 9.36 Å². The van der Waals surface area contributed by atoms with Gasteiger partial charge in [0.05, 0.1) is 33.6 Å². The Hall–Kier alpha value is -3.13. The molecule has 1 amide bonds. The molecule has 1 saturated heterocycles. The minimum absolute atomic E-state index is 0.0436. The maximum atomic E-state index is 11.8. The molecule has 2 aromatic heterocycles. The lowest BCUT2D eigenvalue weighted by atomic mass is 9.85. The van der Waals surface area contributed by atoms with Gasteiger partial charge in [0, 0.05) is 24.5 Å². The topological polar surface area (TPSA) is 138 Å². The Morgan fingerprint density at radius 3 is 2.58 bits per heavy atom. The number of amides is 1. The number of benzene rings is 1. The van der Waals surface area contributed by atoms with Gasteiger partial charge in [-0.2, -0.15) is 10.2 Å². The molecule has 1 aromatic carbocycles. The van der Waals surface area contributed by atoms with Crippen LogP contribution in [-0.2, 0) is 4.79 Å². The predicted octanol–water partition coefficient (Wildman–Crippen LogP) is 4.86. The van der Waals surface area contributed by atoms with Crippen LogP contribution in [0.1, 0.15) is 57.1 Å². The van der Waals surface area contributed by atoms with Crippen LogP contribution >= 0.6 is 23.2 Å². The minimum Gasteiger partial charge on any atom is -0.369 e. The Kier molecular flexibility index (Phi) is 7.88. The predicted molar refractivity (Wildman–Crippen MR) is 149 cm³/mol. The highest BCUT2D eigenvalue weighted by molar-refractivity contribution is 6.39. The third-order valence-corrected chi connectivity index (χ3v) is 8.19. The lowest BCUT2D eigenvalue weighted by Gasteiger charge is -2.32. The summed E-state index contributed by atoms with van der Waals surface area (Å²) in [6, 6.07) is 5.50. The van der Waals surface area contributed by atoms with Gasteiger partial charge < -0.3 is 21.3 Å². The van der Waals surface area contributed by atoms with Gasteiger partial charge in [-0.15, -0.1) is 0 Å². The summed E-state index contributed by atoms with van der Waals surface area (Å²) in [6.45, 7) is 5.27. The van der Waals surface area contributed by atoms with Crippen LogP contribution < -0.4 is 16.4 Å². The first kappa shape index (κ1) is 26.5. The second-order valence-electron chi connectivity index (χ2n) is 10.0. The summed E-state index contributed by atoms with van der Waals surface area (Å²) in [7, 11) is 0. The number of hydrogen-bond donors (Lipinski definition) is 3. The Bertz CT molecular complexity index is 1350. The number of aromatic nitrogens is 4. The normalized spacial score (nSPS) is 22.2. The molecule has 200 valence electrons. The average Bonchev–Trinajstić information content (AvgIpc) is 3.28. The van der Waals surface area contributed by atoms with E-state index >= 15 is 0 Å². The van der Waals surface area contributed by atoms with Gasteiger partial charge in [0.15, 0.2) is 5.65 Å². The van der Waals surface area contributed by atoms with Gasteiger partial charge >= 0.3 is 0 Å². The van der Waals surface area contributed by atoms with Crippen LogP contribution in [0, 0.1) is 17.2 Å². The van der Waals surface area contributed by atoms with Crippen molar-refractivity contribution < 1.29 is 4.79 Å². The SMILES string of the molecule is CCN1CCCC(Nc2ncc3nc(Nc4c(Cl)cc(C#N)cc4Cl)n(C4CCC(C(N)=O)CC4)c3n2)C1. The molecule has 3 aromatic rings. The Morgan fingerprint density at radius 2 is 1.92 bits per heavy atom. The van der Waals surface area contributed by atoms with Crippen molar-refractivity contribution in [2.45, 2.75) is 57.5 Å². The van der Waals surface area contributed by atoms with E-state index in [9.17, 15) is 10.1 Å². The van der Waals surface area contributed by atoms with E-state index in [-0.39, 0.29) is 23.9 Å². The summed E-state index contributed by atoms with van der Waals surface area (Å²) in [4.78, 5) is 28.5. The molecular formula is C26H31Cl2N9O.